The first kappa shape index (κ1) is 13.3. The summed E-state index contributed by atoms with van der Waals surface area (Å²) in [6.07, 6.45) is 4.44. The minimum absolute atomic E-state index is 0.145. The molecule has 1 aliphatic carbocycles. The van der Waals surface area contributed by atoms with Crippen LogP contribution < -0.4 is 5.43 Å². The lowest BCUT2D eigenvalue weighted by Gasteiger charge is -2.18. The van der Waals surface area contributed by atoms with Gasteiger partial charge in [0.25, 0.3) is 5.91 Å². The van der Waals surface area contributed by atoms with Crippen molar-refractivity contribution in [3.05, 3.63) is 34.3 Å². The minimum atomic E-state index is -0.145. The number of nitrogens with one attached hydrogen (secondary N) is 1. The fourth-order valence-corrected chi connectivity index (χ4v) is 2.42. The first-order chi connectivity index (χ1) is 8.65. The van der Waals surface area contributed by atoms with Crippen LogP contribution in [0.2, 0.25) is 0 Å². The highest BCUT2D eigenvalue weighted by Gasteiger charge is 2.14. The Morgan fingerprint density at radius 2 is 2.11 bits per heavy atom. The number of nitrogens with zero attached hydrogens (tertiary/aromatic N) is 1. The van der Waals surface area contributed by atoms with E-state index in [9.17, 15) is 4.79 Å². The fourth-order valence-electron chi connectivity index (χ4n) is 2.16. The quantitative estimate of drug-likeness (QED) is 0.831. The molecule has 1 aromatic rings. The first-order valence-electron chi connectivity index (χ1n) is 6.26. The van der Waals surface area contributed by atoms with Crippen LogP contribution in [0.5, 0.6) is 0 Å². The monoisotopic (exact) mass is 308 g/mol. The molecule has 96 valence electrons. The van der Waals surface area contributed by atoms with Gasteiger partial charge in [-0.3, -0.25) is 4.79 Å². The van der Waals surface area contributed by atoms with Gasteiger partial charge < -0.3 is 0 Å². The Hall–Kier alpha value is -1.16. The van der Waals surface area contributed by atoms with E-state index < -0.39 is 0 Å². The van der Waals surface area contributed by atoms with E-state index in [0.29, 0.717) is 11.5 Å². The maximum Gasteiger partial charge on any atom is 0.271 e. The third kappa shape index (κ3) is 3.67. The molecule has 0 aliphatic heterocycles. The number of hydrogen-bond acceptors (Lipinski definition) is 2. The first-order valence-corrected chi connectivity index (χ1v) is 7.06. The van der Waals surface area contributed by atoms with E-state index in [1.54, 1.807) is 12.1 Å². The molecule has 0 radical (unpaired) electrons. The smallest absolute Gasteiger partial charge is 0.267 e. The molecule has 1 amide bonds. The van der Waals surface area contributed by atoms with Gasteiger partial charge in [0.1, 0.15) is 0 Å². The maximum atomic E-state index is 11.8. The zero-order valence-electron chi connectivity index (χ0n) is 10.4. The molecule has 1 aromatic carbocycles. The van der Waals surface area contributed by atoms with Crippen LogP contribution in [-0.2, 0) is 0 Å². The number of hydrazone groups is 1. The summed E-state index contributed by atoms with van der Waals surface area (Å²) in [5, 5.41) is 4.24. The van der Waals surface area contributed by atoms with Crippen molar-refractivity contribution >= 4 is 27.5 Å². The number of rotatable bonds is 2. The Kier molecular flexibility index (Phi) is 4.53. The normalized spacial score (nSPS) is 21.9. The summed E-state index contributed by atoms with van der Waals surface area (Å²) in [5.74, 6) is 0.537. The molecule has 2 rings (SSSR count). The molecule has 0 unspecified atom stereocenters. The summed E-state index contributed by atoms with van der Waals surface area (Å²) >= 11 is 3.34. The predicted molar refractivity (Wildman–Crippen MR) is 76.7 cm³/mol. The van der Waals surface area contributed by atoms with Gasteiger partial charge in [0.05, 0.1) is 0 Å². The highest BCUT2D eigenvalue weighted by atomic mass is 79.9. The number of amides is 1. The van der Waals surface area contributed by atoms with Crippen LogP contribution in [-0.4, -0.2) is 11.6 Å². The van der Waals surface area contributed by atoms with Crippen molar-refractivity contribution in [1.29, 1.82) is 0 Å². The van der Waals surface area contributed by atoms with E-state index in [-0.39, 0.29) is 5.91 Å². The van der Waals surface area contributed by atoms with Crippen LogP contribution >= 0.6 is 15.9 Å². The lowest BCUT2D eigenvalue weighted by atomic mass is 9.89. The van der Waals surface area contributed by atoms with Gasteiger partial charge in [-0.15, -0.1) is 0 Å². The third-order valence-corrected chi connectivity index (χ3v) is 3.70. The summed E-state index contributed by atoms with van der Waals surface area (Å²) in [7, 11) is 0. The second-order valence-electron chi connectivity index (χ2n) is 4.83. The van der Waals surface area contributed by atoms with E-state index in [1.165, 1.54) is 12.8 Å². The predicted octanol–water partition coefficient (Wildman–Crippen LogP) is 3.75. The van der Waals surface area contributed by atoms with Crippen molar-refractivity contribution in [2.75, 3.05) is 0 Å². The average molecular weight is 309 g/mol. The van der Waals surface area contributed by atoms with Crippen LogP contribution in [0.1, 0.15) is 43.0 Å². The van der Waals surface area contributed by atoms with Crippen LogP contribution in [0.15, 0.2) is 33.8 Å². The molecular weight excluding hydrogens is 292 g/mol. The van der Waals surface area contributed by atoms with Gasteiger partial charge in [0.2, 0.25) is 0 Å². The van der Waals surface area contributed by atoms with Crippen molar-refractivity contribution in [1.82, 2.24) is 5.43 Å². The molecule has 1 aliphatic rings. The number of halogens is 1. The van der Waals surface area contributed by atoms with E-state index in [1.807, 2.05) is 12.1 Å². The molecule has 0 heterocycles. The lowest BCUT2D eigenvalue weighted by Crippen LogP contribution is -2.22. The number of hydrogen-bond donors (Lipinski definition) is 1. The topological polar surface area (TPSA) is 41.5 Å². The Morgan fingerprint density at radius 1 is 1.39 bits per heavy atom. The second kappa shape index (κ2) is 6.14. The Balaban J connectivity index is 1.95. The average Bonchev–Trinajstić information content (AvgIpc) is 2.37. The molecule has 1 saturated carbocycles. The number of carbonyl (C=O) groups is 1. The van der Waals surface area contributed by atoms with Crippen LogP contribution in [0.3, 0.4) is 0 Å². The molecule has 18 heavy (non-hydrogen) atoms. The fraction of sp³-hybridized carbons (Fsp3) is 0.429. The molecule has 0 bridgehead atoms. The zero-order valence-corrected chi connectivity index (χ0v) is 12.0. The molecule has 4 heteroatoms. The maximum absolute atomic E-state index is 11.8. The Labute approximate surface area is 116 Å². The largest absolute Gasteiger partial charge is 0.271 e. The van der Waals surface area contributed by atoms with Crippen LogP contribution in [0.4, 0.5) is 0 Å². The summed E-state index contributed by atoms with van der Waals surface area (Å²) in [5.41, 5.74) is 4.38. The summed E-state index contributed by atoms with van der Waals surface area (Å²) < 4.78 is 0.964. The highest BCUT2D eigenvalue weighted by molar-refractivity contribution is 9.10. The van der Waals surface area contributed by atoms with Gasteiger partial charge in [-0.25, -0.2) is 5.43 Å². The Bertz CT molecular complexity index is 453. The molecule has 3 nitrogen and oxygen atoms in total. The van der Waals surface area contributed by atoms with Crippen LogP contribution in [0, 0.1) is 5.92 Å². The second-order valence-corrected chi connectivity index (χ2v) is 5.74. The molecule has 0 spiro atoms. The van der Waals surface area contributed by atoms with Gasteiger partial charge in [-0.2, -0.15) is 5.10 Å². The van der Waals surface area contributed by atoms with E-state index in [4.69, 9.17) is 0 Å². The molecule has 1 fully saturated rings. The minimum Gasteiger partial charge on any atom is -0.267 e. The van der Waals surface area contributed by atoms with Crippen molar-refractivity contribution in [3.8, 4) is 0 Å². The van der Waals surface area contributed by atoms with Crippen LogP contribution in [0.25, 0.3) is 0 Å². The molecule has 0 saturated heterocycles. The summed E-state index contributed by atoms with van der Waals surface area (Å²) in [6, 6.07) is 7.27. The van der Waals surface area contributed by atoms with Gasteiger partial charge in [0.15, 0.2) is 0 Å². The number of benzene rings is 1. The van der Waals surface area contributed by atoms with Gasteiger partial charge >= 0.3 is 0 Å². The number of carbonyl (C=O) groups excluding carboxylic acids is 1. The van der Waals surface area contributed by atoms with Crippen molar-refractivity contribution in [3.63, 3.8) is 0 Å². The molecular formula is C14H17BrN2O. The highest BCUT2D eigenvalue weighted by Crippen LogP contribution is 2.21. The van der Waals surface area contributed by atoms with Crippen molar-refractivity contribution in [2.24, 2.45) is 11.0 Å². The lowest BCUT2D eigenvalue weighted by molar-refractivity contribution is 0.0954. The summed E-state index contributed by atoms with van der Waals surface area (Å²) in [4.78, 5) is 11.8. The zero-order chi connectivity index (χ0) is 13.0. The van der Waals surface area contributed by atoms with Gasteiger partial charge in [-0.1, -0.05) is 22.9 Å². The van der Waals surface area contributed by atoms with Crippen molar-refractivity contribution < 1.29 is 4.79 Å². The van der Waals surface area contributed by atoms with Gasteiger partial charge in [0, 0.05) is 15.7 Å². The van der Waals surface area contributed by atoms with E-state index in [0.717, 1.165) is 23.0 Å². The molecule has 0 aromatic heterocycles. The molecule has 1 atom stereocenters. The molecule has 1 N–H and O–H groups in total. The summed E-state index contributed by atoms with van der Waals surface area (Å²) in [6.45, 7) is 2.23. The van der Waals surface area contributed by atoms with Crippen molar-refractivity contribution in [2.45, 2.75) is 32.6 Å². The van der Waals surface area contributed by atoms with E-state index >= 15 is 0 Å². The SMILES string of the molecule is C[C@H]1CCCC(=NNC(=O)c2ccc(Br)cc2)C1. The van der Waals surface area contributed by atoms with E-state index in [2.05, 4.69) is 33.4 Å². The Morgan fingerprint density at radius 3 is 2.78 bits per heavy atom. The van der Waals surface area contributed by atoms with Gasteiger partial charge in [-0.05, 0) is 55.9 Å². The third-order valence-electron chi connectivity index (χ3n) is 3.17. The standard InChI is InChI=1S/C14H17BrN2O/c1-10-3-2-4-13(9-10)16-17-14(18)11-5-7-12(15)8-6-11/h5-8,10H,2-4,9H2,1H3,(H,17,18)/t10-/m0/s1.